The molecule has 2 aliphatic rings. The van der Waals surface area contributed by atoms with E-state index in [4.69, 9.17) is 27.2 Å². The first-order valence-electron chi connectivity index (χ1n) is 12.1. The fraction of sp³-hybridized carbons (Fsp3) is 0.481. The average molecular weight is 519 g/mol. The van der Waals surface area contributed by atoms with E-state index in [0.29, 0.717) is 37.4 Å². The van der Waals surface area contributed by atoms with Crippen molar-refractivity contribution in [1.82, 2.24) is 4.90 Å². The van der Waals surface area contributed by atoms with Gasteiger partial charge in [-0.15, -0.1) is 0 Å². The zero-order valence-corrected chi connectivity index (χ0v) is 22.2. The lowest BCUT2D eigenvalue weighted by Gasteiger charge is -2.35. The highest BCUT2D eigenvalue weighted by molar-refractivity contribution is 6.49. The van der Waals surface area contributed by atoms with Gasteiger partial charge in [-0.05, 0) is 51.2 Å². The summed E-state index contributed by atoms with van der Waals surface area (Å²) >= 11 is 6.41. The molecule has 0 aromatic heterocycles. The minimum atomic E-state index is -2.03. The number of carboxylic acid groups (broad SMARTS) is 1. The first-order valence-corrected chi connectivity index (χ1v) is 12.4. The van der Waals surface area contributed by atoms with Gasteiger partial charge in [0.15, 0.2) is 0 Å². The van der Waals surface area contributed by atoms with Gasteiger partial charge in [0.1, 0.15) is 6.04 Å². The summed E-state index contributed by atoms with van der Waals surface area (Å²) in [7, 11) is 0. The van der Waals surface area contributed by atoms with Gasteiger partial charge in [0.25, 0.3) is 0 Å². The highest BCUT2D eigenvalue weighted by Crippen LogP contribution is 2.39. The van der Waals surface area contributed by atoms with Crippen LogP contribution in [0.3, 0.4) is 0 Å². The molecule has 196 valence electrons. The van der Waals surface area contributed by atoms with E-state index in [9.17, 15) is 19.2 Å². The Morgan fingerprint density at radius 2 is 1.92 bits per heavy atom. The molecule has 36 heavy (non-hydrogen) atoms. The number of nitrogens with zero attached hydrogens (tertiary/aromatic N) is 1. The number of ether oxygens (including phenoxy) is 1. The van der Waals surface area contributed by atoms with Crippen molar-refractivity contribution >= 4 is 35.1 Å². The van der Waals surface area contributed by atoms with Gasteiger partial charge in [0.2, 0.25) is 17.2 Å². The average Bonchev–Trinajstić information content (AvgIpc) is 2.82. The van der Waals surface area contributed by atoms with E-state index in [0.717, 1.165) is 18.9 Å². The summed E-state index contributed by atoms with van der Waals surface area (Å²) in [6.45, 7) is 9.08. The predicted molar refractivity (Wildman–Crippen MR) is 138 cm³/mol. The maximum absolute atomic E-state index is 13.3. The SMILES string of the molecule is CC[C@H](C)/C=C(C)/C=C/C1=CC2=C(Cl)C(=O)[C@](C)(OC(C)=O)C(=O)C2=CN1CCCC[C@H](N)C(=O)O. The maximum atomic E-state index is 13.3. The molecule has 0 amide bonds. The maximum Gasteiger partial charge on any atom is 0.320 e. The summed E-state index contributed by atoms with van der Waals surface area (Å²) in [6, 6.07) is -0.934. The Bertz CT molecular complexity index is 1080. The van der Waals surface area contributed by atoms with E-state index in [-0.39, 0.29) is 16.2 Å². The van der Waals surface area contributed by atoms with Gasteiger partial charge in [0.05, 0.1) is 5.03 Å². The molecule has 0 bridgehead atoms. The van der Waals surface area contributed by atoms with Crippen molar-refractivity contribution in [3.63, 3.8) is 0 Å². The number of halogens is 1. The van der Waals surface area contributed by atoms with Crippen LogP contribution in [-0.4, -0.2) is 51.7 Å². The molecule has 3 N–H and O–H groups in total. The third kappa shape index (κ3) is 6.83. The van der Waals surface area contributed by atoms with E-state index in [1.54, 1.807) is 12.3 Å². The highest BCUT2D eigenvalue weighted by Gasteiger charge is 2.52. The fourth-order valence-corrected chi connectivity index (χ4v) is 4.33. The normalized spacial score (nSPS) is 22.3. The van der Waals surface area contributed by atoms with Gasteiger partial charge in [-0.1, -0.05) is 49.6 Å². The lowest BCUT2D eigenvalue weighted by atomic mass is 9.79. The van der Waals surface area contributed by atoms with Crippen LogP contribution in [0.15, 0.2) is 58.0 Å². The van der Waals surface area contributed by atoms with Crippen molar-refractivity contribution in [2.24, 2.45) is 11.7 Å². The lowest BCUT2D eigenvalue weighted by Crippen LogP contribution is -2.52. The molecular formula is C27H35ClN2O6. The van der Waals surface area contributed by atoms with Crippen molar-refractivity contribution in [2.75, 3.05) is 6.54 Å². The van der Waals surface area contributed by atoms with Crippen molar-refractivity contribution in [1.29, 1.82) is 0 Å². The number of aliphatic carboxylic acids is 1. The summed E-state index contributed by atoms with van der Waals surface area (Å²) < 4.78 is 5.13. The van der Waals surface area contributed by atoms with Crippen LogP contribution in [0.5, 0.6) is 0 Å². The van der Waals surface area contributed by atoms with E-state index in [1.165, 1.54) is 6.92 Å². The number of nitrogens with two attached hydrogens (primary N) is 1. The fourth-order valence-electron chi connectivity index (χ4n) is 3.99. The zero-order valence-electron chi connectivity index (χ0n) is 21.5. The highest BCUT2D eigenvalue weighted by atomic mass is 35.5. The van der Waals surface area contributed by atoms with E-state index in [2.05, 4.69) is 19.9 Å². The second-order valence-corrected chi connectivity index (χ2v) is 9.77. The Morgan fingerprint density at radius 3 is 2.50 bits per heavy atom. The quantitative estimate of drug-likeness (QED) is 0.180. The standard InChI is InChI=1S/C27H35ClN2O6/c1-6-16(2)13-17(3)10-11-19-14-20-21(15-30(19)12-8-7-9-22(29)26(34)35)24(32)27(5,36-18(4)31)25(33)23(20)28/h10-11,13-16,22H,6-9,12,29H2,1-5H3,(H,34,35)/b11-10+,17-13+/t16-,22-,27+/m0/s1. The number of rotatable bonds is 11. The summed E-state index contributed by atoms with van der Waals surface area (Å²) in [4.78, 5) is 50.7. The predicted octanol–water partition coefficient (Wildman–Crippen LogP) is 4.17. The van der Waals surface area contributed by atoms with Gasteiger partial charge >= 0.3 is 11.9 Å². The molecule has 1 aliphatic carbocycles. The monoisotopic (exact) mass is 518 g/mol. The third-order valence-electron chi connectivity index (χ3n) is 6.28. The number of carbonyl (C=O) groups excluding carboxylic acids is 3. The van der Waals surface area contributed by atoms with Crippen LogP contribution in [-0.2, 0) is 23.9 Å². The number of allylic oxidation sites excluding steroid dienone is 6. The molecule has 1 aliphatic heterocycles. The number of carbonyl (C=O) groups is 4. The number of carboxylic acids is 1. The number of Topliss-reactive ketones (excluding diaryl/α,β-unsaturated/α-hetero) is 2. The van der Waals surface area contributed by atoms with Crippen molar-refractivity contribution in [3.05, 3.63) is 58.0 Å². The van der Waals surface area contributed by atoms with Gasteiger partial charge in [-0.2, -0.15) is 0 Å². The number of unbranched alkanes of at least 4 members (excludes halogenated alkanes) is 1. The minimum Gasteiger partial charge on any atom is -0.480 e. The van der Waals surface area contributed by atoms with Crippen LogP contribution in [0.4, 0.5) is 0 Å². The largest absolute Gasteiger partial charge is 0.480 e. The Labute approximate surface area is 217 Å². The van der Waals surface area contributed by atoms with E-state index < -0.39 is 35.1 Å². The molecular weight excluding hydrogens is 484 g/mol. The molecule has 3 atom stereocenters. The number of ketones is 2. The molecule has 0 fully saturated rings. The lowest BCUT2D eigenvalue weighted by molar-refractivity contribution is -0.167. The molecule has 8 nitrogen and oxygen atoms in total. The van der Waals surface area contributed by atoms with Gasteiger partial charge in [-0.25, -0.2) is 0 Å². The molecule has 0 radical (unpaired) electrons. The molecule has 0 saturated carbocycles. The molecule has 0 aromatic rings. The Morgan fingerprint density at radius 1 is 1.25 bits per heavy atom. The van der Waals surface area contributed by atoms with E-state index in [1.807, 2.05) is 24.0 Å². The smallest absolute Gasteiger partial charge is 0.320 e. The third-order valence-corrected chi connectivity index (χ3v) is 6.66. The first-order chi connectivity index (χ1) is 16.8. The van der Waals surface area contributed by atoms with E-state index >= 15 is 0 Å². The minimum absolute atomic E-state index is 0.172. The van der Waals surface area contributed by atoms with Crippen LogP contribution in [0.25, 0.3) is 0 Å². The second-order valence-electron chi connectivity index (χ2n) is 9.39. The van der Waals surface area contributed by atoms with Crippen LogP contribution < -0.4 is 5.73 Å². The van der Waals surface area contributed by atoms with Crippen LogP contribution in [0, 0.1) is 5.92 Å². The molecule has 9 heteroatoms. The molecule has 0 unspecified atom stereocenters. The van der Waals surface area contributed by atoms with Gasteiger partial charge in [-0.3, -0.25) is 19.2 Å². The zero-order chi connectivity index (χ0) is 27.2. The van der Waals surface area contributed by atoms with Crippen LogP contribution in [0.2, 0.25) is 0 Å². The molecule has 2 rings (SSSR count). The first kappa shape index (κ1) is 29.3. The Balaban J connectivity index is 2.44. The molecule has 0 saturated heterocycles. The summed E-state index contributed by atoms with van der Waals surface area (Å²) in [5, 5.41) is 8.83. The van der Waals surface area contributed by atoms with Crippen LogP contribution >= 0.6 is 11.6 Å². The second kappa shape index (κ2) is 12.3. The summed E-state index contributed by atoms with van der Waals surface area (Å²) in [5.41, 5.74) is 5.80. The molecule has 0 aromatic carbocycles. The van der Waals surface area contributed by atoms with Gasteiger partial charge in [0, 0.05) is 36.5 Å². The number of esters is 1. The summed E-state index contributed by atoms with van der Waals surface area (Å²) in [6.07, 6.45) is 11.8. The topological polar surface area (TPSA) is 127 Å². The van der Waals surface area contributed by atoms with Crippen LogP contribution in [0.1, 0.15) is 60.3 Å². The molecule has 1 heterocycles. The van der Waals surface area contributed by atoms with Crippen molar-refractivity contribution < 1.29 is 29.0 Å². The van der Waals surface area contributed by atoms with Gasteiger partial charge < -0.3 is 20.5 Å². The Kier molecular flexibility index (Phi) is 10.0. The van der Waals surface area contributed by atoms with Crippen molar-refractivity contribution in [3.8, 4) is 0 Å². The number of hydrogen-bond acceptors (Lipinski definition) is 7. The molecule has 0 spiro atoms. The number of hydrogen-bond donors (Lipinski definition) is 2. The summed E-state index contributed by atoms with van der Waals surface area (Å²) in [5.74, 6) is -2.81. The number of fused-ring (bicyclic) bond motifs is 1. The Hall–Kier alpha value is -2.97. The van der Waals surface area contributed by atoms with Crippen molar-refractivity contribution in [2.45, 2.75) is 71.9 Å².